The molecule has 0 unspecified atom stereocenters. The first-order valence-corrected chi connectivity index (χ1v) is 7.84. The lowest BCUT2D eigenvalue weighted by atomic mass is 9.78. The minimum Gasteiger partial charge on any atom is -0.480 e. The van der Waals surface area contributed by atoms with E-state index in [1.807, 2.05) is 32.0 Å². The lowest BCUT2D eigenvalue weighted by Crippen LogP contribution is -2.58. The fraction of sp³-hybridized carbons (Fsp3) is 0.588. The van der Waals surface area contributed by atoms with E-state index < -0.39 is 12.0 Å². The fourth-order valence-corrected chi connectivity index (χ4v) is 3.82. The molecular formula is C17H24ClNO2. The number of hydrogen-bond donors (Lipinski definition) is 1. The van der Waals surface area contributed by atoms with E-state index in [-0.39, 0.29) is 11.5 Å². The third-order valence-corrected chi connectivity index (χ3v) is 4.64. The number of carboxylic acids is 1. The molecule has 0 saturated heterocycles. The van der Waals surface area contributed by atoms with Crippen molar-refractivity contribution >= 4 is 23.3 Å². The number of carboxylic acid groups (broad SMARTS) is 1. The van der Waals surface area contributed by atoms with Crippen LogP contribution in [0.4, 0.5) is 5.69 Å². The number of halogens is 1. The summed E-state index contributed by atoms with van der Waals surface area (Å²) in [4.78, 5) is 13.9. The van der Waals surface area contributed by atoms with Gasteiger partial charge in [0.25, 0.3) is 0 Å². The van der Waals surface area contributed by atoms with Crippen molar-refractivity contribution in [3.05, 3.63) is 28.8 Å². The fourth-order valence-electron chi connectivity index (χ4n) is 3.64. The quantitative estimate of drug-likeness (QED) is 0.891. The molecular weight excluding hydrogens is 286 g/mol. The van der Waals surface area contributed by atoms with Gasteiger partial charge in [-0.1, -0.05) is 32.4 Å². The van der Waals surface area contributed by atoms with Crippen LogP contribution in [-0.4, -0.2) is 22.7 Å². The van der Waals surface area contributed by atoms with E-state index in [1.165, 1.54) is 0 Å². The SMILES string of the molecule is CC(C)[C@H](C(=O)O)N1c2ccc(Cl)cc2[C@@H](C)CC1(C)C. The molecule has 2 rings (SSSR count). The standard InChI is InChI=1S/C17H24ClNO2/c1-10(2)15(16(20)21)19-14-7-6-12(18)8-13(14)11(3)9-17(19,4)5/h6-8,10-11,15H,9H2,1-5H3,(H,20,21)/t11-,15+/m0/s1. The van der Waals surface area contributed by atoms with Crippen LogP contribution in [-0.2, 0) is 4.79 Å². The van der Waals surface area contributed by atoms with Crippen molar-refractivity contribution in [1.82, 2.24) is 0 Å². The van der Waals surface area contributed by atoms with Crippen molar-refractivity contribution in [2.75, 3.05) is 4.90 Å². The van der Waals surface area contributed by atoms with E-state index >= 15 is 0 Å². The average Bonchev–Trinajstić information content (AvgIpc) is 2.33. The molecule has 4 heteroatoms. The Kier molecular flexibility index (Phi) is 4.25. The van der Waals surface area contributed by atoms with E-state index in [4.69, 9.17) is 11.6 Å². The minimum absolute atomic E-state index is 0.0266. The second-order valence-electron chi connectivity index (χ2n) is 7.02. The van der Waals surface area contributed by atoms with Gasteiger partial charge in [0.2, 0.25) is 0 Å². The molecule has 1 heterocycles. The third kappa shape index (κ3) is 2.89. The van der Waals surface area contributed by atoms with Gasteiger partial charge in [-0.15, -0.1) is 0 Å². The van der Waals surface area contributed by atoms with Crippen molar-refractivity contribution < 1.29 is 9.90 Å². The van der Waals surface area contributed by atoms with Crippen LogP contribution in [0.1, 0.15) is 52.5 Å². The van der Waals surface area contributed by atoms with E-state index in [9.17, 15) is 9.90 Å². The van der Waals surface area contributed by atoms with Crippen LogP contribution in [0.25, 0.3) is 0 Å². The molecule has 2 atom stereocenters. The number of benzene rings is 1. The molecule has 1 aliphatic rings. The van der Waals surface area contributed by atoms with Crippen LogP contribution >= 0.6 is 11.6 Å². The van der Waals surface area contributed by atoms with E-state index in [0.717, 1.165) is 17.7 Å². The monoisotopic (exact) mass is 309 g/mol. The summed E-state index contributed by atoms with van der Waals surface area (Å²) in [6.45, 7) is 10.4. The zero-order chi connectivity index (χ0) is 15.9. The van der Waals surface area contributed by atoms with Crippen LogP contribution < -0.4 is 4.90 Å². The first-order valence-electron chi connectivity index (χ1n) is 7.46. The first kappa shape index (κ1) is 16.2. The van der Waals surface area contributed by atoms with Gasteiger partial charge in [-0.3, -0.25) is 0 Å². The van der Waals surface area contributed by atoms with Gasteiger partial charge in [-0.05, 0) is 55.9 Å². The molecule has 3 nitrogen and oxygen atoms in total. The van der Waals surface area contributed by atoms with Gasteiger partial charge >= 0.3 is 5.97 Å². The van der Waals surface area contributed by atoms with E-state index in [2.05, 4.69) is 25.7 Å². The summed E-state index contributed by atoms with van der Waals surface area (Å²) in [7, 11) is 0. The van der Waals surface area contributed by atoms with Gasteiger partial charge < -0.3 is 10.0 Å². The third-order valence-electron chi connectivity index (χ3n) is 4.40. The van der Waals surface area contributed by atoms with Crippen LogP contribution in [0.2, 0.25) is 5.02 Å². The summed E-state index contributed by atoms with van der Waals surface area (Å²) < 4.78 is 0. The Morgan fingerprint density at radius 3 is 2.57 bits per heavy atom. The maximum atomic E-state index is 11.8. The maximum Gasteiger partial charge on any atom is 0.326 e. The highest BCUT2D eigenvalue weighted by atomic mass is 35.5. The highest BCUT2D eigenvalue weighted by Crippen LogP contribution is 2.46. The summed E-state index contributed by atoms with van der Waals surface area (Å²) in [6, 6.07) is 5.25. The predicted octanol–water partition coefficient (Wildman–Crippen LogP) is 4.54. The van der Waals surface area contributed by atoms with Gasteiger partial charge in [0, 0.05) is 16.2 Å². The van der Waals surface area contributed by atoms with Gasteiger partial charge in [0.1, 0.15) is 6.04 Å². The van der Waals surface area contributed by atoms with Gasteiger partial charge in [0.05, 0.1) is 0 Å². The molecule has 0 radical (unpaired) electrons. The highest BCUT2D eigenvalue weighted by Gasteiger charge is 2.43. The van der Waals surface area contributed by atoms with Gasteiger partial charge in [0.15, 0.2) is 0 Å². The molecule has 0 fully saturated rings. The molecule has 116 valence electrons. The van der Waals surface area contributed by atoms with Crippen LogP contribution in [0.5, 0.6) is 0 Å². The van der Waals surface area contributed by atoms with Crippen molar-refractivity contribution in [2.24, 2.45) is 5.92 Å². The van der Waals surface area contributed by atoms with E-state index in [1.54, 1.807) is 0 Å². The molecule has 0 aromatic heterocycles. The van der Waals surface area contributed by atoms with Crippen molar-refractivity contribution in [3.8, 4) is 0 Å². The second kappa shape index (κ2) is 5.53. The molecule has 1 aromatic carbocycles. The average molecular weight is 310 g/mol. The minimum atomic E-state index is -0.770. The Hall–Kier alpha value is -1.22. The molecule has 0 amide bonds. The normalized spacial score (nSPS) is 22.0. The number of carbonyl (C=O) groups is 1. The van der Waals surface area contributed by atoms with E-state index in [0.29, 0.717) is 10.9 Å². The van der Waals surface area contributed by atoms with Crippen LogP contribution in [0, 0.1) is 5.92 Å². The Bertz CT molecular complexity index is 554. The molecule has 0 saturated carbocycles. The second-order valence-corrected chi connectivity index (χ2v) is 7.45. The summed E-state index contributed by atoms with van der Waals surface area (Å²) in [5.74, 6) is -0.376. The Labute approximate surface area is 131 Å². The lowest BCUT2D eigenvalue weighted by molar-refractivity contribution is -0.140. The molecule has 1 aromatic rings. The van der Waals surface area contributed by atoms with Crippen molar-refractivity contribution in [1.29, 1.82) is 0 Å². The summed E-state index contributed by atoms with van der Waals surface area (Å²) in [5, 5.41) is 10.4. The summed E-state index contributed by atoms with van der Waals surface area (Å²) in [5.41, 5.74) is 1.95. The molecule has 0 aliphatic carbocycles. The number of anilines is 1. The lowest BCUT2D eigenvalue weighted by Gasteiger charge is -2.51. The summed E-state index contributed by atoms with van der Waals surface area (Å²) >= 11 is 6.13. The molecule has 1 N–H and O–H groups in total. The smallest absolute Gasteiger partial charge is 0.326 e. The largest absolute Gasteiger partial charge is 0.480 e. The molecule has 1 aliphatic heterocycles. The van der Waals surface area contributed by atoms with Gasteiger partial charge in [-0.2, -0.15) is 0 Å². The number of hydrogen-bond acceptors (Lipinski definition) is 2. The number of fused-ring (bicyclic) bond motifs is 1. The molecule has 0 bridgehead atoms. The van der Waals surface area contributed by atoms with Gasteiger partial charge in [-0.25, -0.2) is 4.79 Å². The molecule has 0 spiro atoms. The molecule has 21 heavy (non-hydrogen) atoms. The van der Waals surface area contributed by atoms with Crippen molar-refractivity contribution in [2.45, 2.75) is 58.5 Å². The first-order chi connectivity index (χ1) is 9.65. The predicted molar refractivity (Wildman–Crippen MR) is 87.3 cm³/mol. The topological polar surface area (TPSA) is 40.5 Å². The zero-order valence-electron chi connectivity index (χ0n) is 13.4. The number of rotatable bonds is 3. The Balaban J connectivity index is 2.62. The highest BCUT2D eigenvalue weighted by molar-refractivity contribution is 6.30. The van der Waals surface area contributed by atoms with Crippen LogP contribution in [0.3, 0.4) is 0 Å². The zero-order valence-corrected chi connectivity index (χ0v) is 14.1. The Morgan fingerprint density at radius 2 is 2.05 bits per heavy atom. The number of aliphatic carboxylic acids is 1. The maximum absolute atomic E-state index is 11.8. The number of nitrogens with zero attached hydrogens (tertiary/aromatic N) is 1. The van der Waals surface area contributed by atoms with Crippen molar-refractivity contribution in [3.63, 3.8) is 0 Å². The Morgan fingerprint density at radius 1 is 1.43 bits per heavy atom. The summed E-state index contributed by atoms with van der Waals surface area (Å²) in [6.07, 6.45) is 0.914. The van der Waals surface area contributed by atoms with Crippen LogP contribution in [0.15, 0.2) is 18.2 Å².